The Balaban J connectivity index is 0.00000196. The predicted molar refractivity (Wildman–Crippen MR) is 120 cm³/mol. The molecule has 0 spiro atoms. The minimum atomic E-state index is -0.0103. The molecule has 3 N–H and O–H groups in total. The van der Waals surface area contributed by atoms with Crippen molar-refractivity contribution in [2.24, 2.45) is 11.1 Å². The summed E-state index contributed by atoms with van der Waals surface area (Å²) < 4.78 is 0. The molecule has 1 unspecified atom stereocenters. The van der Waals surface area contributed by atoms with E-state index >= 15 is 0 Å². The van der Waals surface area contributed by atoms with Crippen molar-refractivity contribution < 1.29 is 4.79 Å². The number of aromatic nitrogens is 1. The first-order chi connectivity index (χ1) is 12.6. The van der Waals surface area contributed by atoms with Crippen LogP contribution in [-0.2, 0) is 4.79 Å². The van der Waals surface area contributed by atoms with Crippen molar-refractivity contribution in [3.05, 3.63) is 54.4 Å². The fourth-order valence-electron chi connectivity index (χ4n) is 3.97. The average Bonchev–Trinajstić information content (AvgIpc) is 2.69. The summed E-state index contributed by atoms with van der Waals surface area (Å²) in [6.45, 7) is 2.64. The topological polar surface area (TPSA) is 68.0 Å². The number of nitrogens with zero attached hydrogens (tertiary/aromatic N) is 1. The monoisotopic (exact) mass is 423 g/mol. The van der Waals surface area contributed by atoms with Gasteiger partial charge in [-0.15, -0.1) is 24.8 Å². The maximum absolute atomic E-state index is 12.6. The van der Waals surface area contributed by atoms with Gasteiger partial charge in [-0.1, -0.05) is 49.6 Å². The smallest absolute Gasteiger partial charge is 0.221 e. The van der Waals surface area contributed by atoms with Gasteiger partial charge in [-0.3, -0.25) is 9.78 Å². The molecule has 1 fully saturated rings. The summed E-state index contributed by atoms with van der Waals surface area (Å²) in [6, 6.07) is 12.3. The zero-order chi connectivity index (χ0) is 18.4. The molecule has 28 heavy (non-hydrogen) atoms. The van der Waals surface area contributed by atoms with E-state index in [1.165, 1.54) is 19.3 Å². The molecule has 1 aliphatic carbocycles. The van der Waals surface area contributed by atoms with Crippen LogP contribution in [0.4, 0.5) is 0 Å². The van der Waals surface area contributed by atoms with E-state index in [9.17, 15) is 4.79 Å². The van der Waals surface area contributed by atoms with Crippen LogP contribution >= 0.6 is 24.8 Å². The van der Waals surface area contributed by atoms with Crippen LogP contribution in [0, 0.1) is 5.41 Å². The molecule has 0 bridgehead atoms. The molecule has 1 amide bonds. The van der Waals surface area contributed by atoms with Crippen LogP contribution in [0.2, 0.25) is 0 Å². The predicted octanol–water partition coefficient (Wildman–Crippen LogP) is 5.07. The highest BCUT2D eigenvalue weighted by Gasteiger charge is 2.33. The van der Waals surface area contributed by atoms with Gasteiger partial charge in [0.25, 0.3) is 0 Å². The lowest BCUT2D eigenvalue weighted by atomic mass is 9.71. The molecule has 3 rings (SSSR count). The van der Waals surface area contributed by atoms with E-state index in [-0.39, 0.29) is 42.2 Å². The number of benzene rings is 1. The first-order valence-electron chi connectivity index (χ1n) is 9.62. The molecule has 1 aromatic carbocycles. The number of carbonyl (C=O) groups is 1. The number of carbonyl (C=O) groups excluding carboxylic acids is 1. The Morgan fingerprint density at radius 1 is 1.11 bits per heavy atom. The van der Waals surface area contributed by atoms with E-state index in [1.54, 1.807) is 6.20 Å². The number of nitrogens with two attached hydrogens (primary N) is 1. The van der Waals surface area contributed by atoms with Crippen LogP contribution in [0.3, 0.4) is 0 Å². The van der Waals surface area contributed by atoms with Gasteiger partial charge in [0.1, 0.15) is 0 Å². The third-order valence-corrected chi connectivity index (χ3v) is 5.67. The molecule has 1 aromatic heterocycles. The number of hydrogen-bond acceptors (Lipinski definition) is 3. The number of nitrogens with one attached hydrogen (secondary N) is 1. The van der Waals surface area contributed by atoms with Crippen LogP contribution in [0.5, 0.6) is 0 Å². The molecule has 0 radical (unpaired) electrons. The number of rotatable bonds is 6. The number of amides is 1. The van der Waals surface area contributed by atoms with Gasteiger partial charge < -0.3 is 11.1 Å². The summed E-state index contributed by atoms with van der Waals surface area (Å²) in [4.78, 5) is 16.7. The summed E-state index contributed by atoms with van der Waals surface area (Å²) in [5.74, 6) is 0.112. The molecule has 1 saturated carbocycles. The van der Waals surface area contributed by atoms with E-state index in [4.69, 9.17) is 5.73 Å². The molecule has 6 heteroatoms. The van der Waals surface area contributed by atoms with Crippen molar-refractivity contribution in [3.8, 4) is 11.1 Å². The van der Waals surface area contributed by atoms with E-state index in [1.807, 2.05) is 25.3 Å². The second-order valence-electron chi connectivity index (χ2n) is 7.59. The normalized spacial score (nSPS) is 16.2. The molecular formula is C22H31Cl2N3O. The number of halogens is 2. The van der Waals surface area contributed by atoms with Gasteiger partial charge in [0.05, 0.1) is 6.04 Å². The largest absolute Gasteiger partial charge is 0.350 e. The van der Waals surface area contributed by atoms with Gasteiger partial charge in [-0.25, -0.2) is 0 Å². The van der Waals surface area contributed by atoms with Crippen molar-refractivity contribution in [1.29, 1.82) is 0 Å². The fraction of sp³-hybridized carbons (Fsp3) is 0.455. The van der Waals surface area contributed by atoms with Crippen LogP contribution in [0.1, 0.15) is 57.1 Å². The highest BCUT2D eigenvalue weighted by molar-refractivity contribution is 5.85. The van der Waals surface area contributed by atoms with E-state index in [2.05, 4.69) is 34.6 Å². The summed E-state index contributed by atoms with van der Waals surface area (Å²) in [7, 11) is 0. The summed E-state index contributed by atoms with van der Waals surface area (Å²) >= 11 is 0. The van der Waals surface area contributed by atoms with Gasteiger partial charge in [-0.05, 0) is 54.5 Å². The molecule has 0 aliphatic heterocycles. The van der Waals surface area contributed by atoms with Gasteiger partial charge in [0.15, 0.2) is 0 Å². The van der Waals surface area contributed by atoms with E-state index < -0.39 is 0 Å². The Morgan fingerprint density at radius 2 is 1.79 bits per heavy atom. The third kappa shape index (κ3) is 6.20. The minimum Gasteiger partial charge on any atom is -0.350 e. The van der Waals surface area contributed by atoms with Gasteiger partial charge in [0, 0.05) is 18.8 Å². The molecule has 1 atom stereocenters. The van der Waals surface area contributed by atoms with Gasteiger partial charge in [0.2, 0.25) is 5.91 Å². The van der Waals surface area contributed by atoms with Crippen LogP contribution in [-0.4, -0.2) is 17.4 Å². The highest BCUT2D eigenvalue weighted by Crippen LogP contribution is 2.38. The van der Waals surface area contributed by atoms with E-state index in [0.29, 0.717) is 13.0 Å². The SMILES string of the molecule is CC(NC(=O)CC1(CN)CCCCC1)c1ccc(-c2cccnc2)cc1.Cl.Cl. The Hall–Kier alpha value is -1.62. The average molecular weight is 424 g/mol. The summed E-state index contributed by atoms with van der Waals surface area (Å²) in [6.07, 6.45) is 9.97. The van der Waals surface area contributed by atoms with Crippen LogP contribution < -0.4 is 11.1 Å². The quantitative estimate of drug-likeness (QED) is 0.681. The van der Waals surface area contributed by atoms with Crippen molar-refractivity contribution in [2.45, 2.75) is 51.5 Å². The minimum absolute atomic E-state index is 0. The fourth-order valence-corrected chi connectivity index (χ4v) is 3.97. The van der Waals surface area contributed by atoms with Crippen LogP contribution in [0.15, 0.2) is 48.8 Å². The second-order valence-corrected chi connectivity index (χ2v) is 7.59. The lowest BCUT2D eigenvalue weighted by Gasteiger charge is -2.36. The Bertz CT molecular complexity index is 716. The molecule has 1 heterocycles. The van der Waals surface area contributed by atoms with Crippen molar-refractivity contribution in [1.82, 2.24) is 10.3 Å². The molecule has 1 aliphatic rings. The maximum Gasteiger partial charge on any atom is 0.221 e. The Labute approximate surface area is 180 Å². The molecule has 2 aromatic rings. The maximum atomic E-state index is 12.6. The third-order valence-electron chi connectivity index (χ3n) is 5.67. The lowest BCUT2D eigenvalue weighted by molar-refractivity contribution is -0.124. The standard InChI is InChI=1S/C22H29N3O.2ClH/c1-17(25-21(26)14-22(16-23)11-3-2-4-12-22)18-7-9-19(10-8-18)20-6-5-13-24-15-20;;/h5-10,13,15,17H,2-4,11-12,14,16,23H2,1H3,(H,25,26);2*1H. The van der Waals surface area contributed by atoms with E-state index in [0.717, 1.165) is 29.5 Å². The Morgan fingerprint density at radius 3 is 2.36 bits per heavy atom. The first-order valence-corrected chi connectivity index (χ1v) is 9.62. The first kappa shape index (κ1) is 24.4. The second kappa shape index (κ2) is 11.4. The zero-order valence-corrected chi connectivity index (χ0v) is 18.0. The molecule has 4 nitrogen and oxygen atoms in total. The van der Waals surface area contributed by atoms with Crippen molar-refractivity contribution >= 4 is 30.7 Å². The van der Waals surface area contributed by atoms with Crippen LogP contribution in [0.25, 0.3) is 11.1 Å². The number of hydrogen-bond donors (Lipinski definition) is 2. The molecule has 0 saturated heterocycles. The highest BCUT2D eigenvalue weighted by atomic mass is 35.5. The summed E-state index contributed by atoms with van der Waals surface area (Å²) in [5, 5.41) is 3.15. The van der Waals surface area contributed by atoms with Gasteiger partial charge in [-0.2, -0.15) is 0 Å². The summed E-state index contributed by atoms with van der Waals surface area (Å²) in [5.41, 5.74) is 9.35. The van der Waals surface area contributed by atoms with Crippen molar-refractivity contribution in [3.63, 3.8) is 0 Å². The molecule has 154 valence electrons. The zero-order valence-electron chi connectivity index (χ0n) is 16.4. The molecular weight excluding hydrogens is 393 g/mol. The van der Waals surface area contributed by atoms with Crippen molar-refractivity contribution in [2.75, 3.05) is 6.54 Å². The van der Waals surface area contributed by atoms with Gasteiger partial charge >= 0.3 is 0 Å². The lowest BCUT2D eigenvalue weighted by Crippen LogP contribution is -2.39. The number of pyridine rings is 1. The Kier molecular flexibility index (Phi) is 9.94.